The Bertz CT molecular complexity index is 944. The molecule has 30 heavy (non-hydrogen) atoms. The van der Waals surface area contributed by atoms with Crippen LogP contribution in [0.4, 0.5) is 5.95 Å². The highest BCUT2D eigenvalue weighted by atomic mass is 16.5. The van der Waals surface area contributed by atoms with E-state index in [2.05, 4.69) is 25.8 Å². The standard InChI is InChI=1S/C22H29N5O3/c1-29-18-3-2-16(14-23-18)15-26-8-6-22(7-9-26)5-4-17-19(22)24-21(25-20(17)28)27-10-12-30-13-11-27/h2-3,14H,4-13,15H2,1H3,(H,24,25,28). The maximum Gasteiger partial charge on any atom is 0.255 e. The third kappa shape index (κ3) is 3.58. The molecule has 4 heterocycles. The molecular formula is C22H29N5O3. The molecule has 5 rings (SSSR count). The van der Waals surface area contributed by atoms with Crippen LogP contribution in [0.25, 0.3) is 0 Å². The fraction of sp³-hybridized carbons (Fsp3) is 0.591. The van der Waals surface area contributed by atoms with Gasteiger partial charge in [0.15, 0.2) is 0 Å². The quantitative estimate of drug-likeness (QED) is 0.816. The van der Waals surface area contributed by atoms with Gasteiger partial charge in [0.05, 0.1) is 26.0 Å². The van der Waals surface area contributed by atoms with Crippen LogP contribution in [-0.2, 0) is 23.1 Å². The van der Waals surface area contributed by atoms with E-state index in [0.717, 1.165) is 75.6 Å². The van der Waals surface area contributed by atoms with E-state index in [1.165, 1.54) is 5.56 Å². The number of aromatic nitrogens is 3. The Kier molecular flexibility index (Phi) is 5.20. The number of hydrogen-bond donors (Lipinski definition) is 1. The topological polar surface area (TPSA) is 83.6 Å². The maximum atomic E-state index is 12.8. The van der Waals surface area contributed by atoms with Gasteiger partial charge >= 0.3 is 0 Å². The number of aromatic amines is 1. The van der Waals surface area contributed by atoms with Crippen LogP contribution in [0, 0.1) is 0 Å². The first-order valence-corrected chi connectivity index (χ1v) is 10.8. The Balaban J connectivity index is 1.31. The van der Waals surface area contributed by atoms with Crippen molar-refractivity contribution in [1.29, 1.82) is 0 Å². The van der Waals surface area contributed by atoms with Crippen molar-refractivity contribution in [2.24, 2.45) is 0 Å². The first kappa shape index (κ1) is 19.5. The molecule has 2 aliphatic heterocycles. The molecule has 2 fully saturated rings. The van der Waals surface area contributed by atoms with Gasteiger partial charge in [-0.05, 0) is 44.3 Å². The lowest BCUT2D eigenvalue weighted by Gasteiger charge is -2.39. The maximum absolute atomic E-state index is 12.8. The number of nitrogens with zero attached hydrogens (tertiary/aromatic N) is 4. The molecule has 0 aromatic carbocycles. The Labute approximate surface area is 176 Å². The van der Waals surface area contributed by atoms with Gasteiger partial charge in [0.2, 0.25) is 11.8 Å². The highest BCUT2D eigenvalue weighted by molar-refractivity contribution is 5.40. The predicted octanol–water partition coefficient (Wildman–Crippen LogP) is 1.49. The monoisotopic (exact) mass is 411 g/mol. The minimum atomic E-state index is 0.0410. The van der Waals surface area contributed by atoms with Crippen LogP contribution in [0.5, 0.6) is 5.88 Å². The Morgan fingerprint density at radius 1 is 1.17 bits per heavy atom. The summed E-state index contributed by atoms with van der Waals surface area (Å²) in [5.41, 5.74) is 3.24. The summed E-state index contributed by atoms with van der Waals surface area (Å²) in [6.45, 7) is 5.82. The molecule has 0 bridgehead atoms. The van der Waals surface area contributed by atoms with Crippen molar-refractivity contribution in [2.45, 2.75) is 37.6 Å². The van der Waals surface area contributed by atoms with Gasteiger partial charge in [0.25, 0.3) is 5.56 Å². The van der Waals surface area contributed by atoms with Crippen LogP contribution in [-0.4, -0.2) is 66.4 Å². The van der Waals surface area contributed by atoms with E-state index in [4.69, 9.17) is 14.5 Å². The second kappa shape index (κ2) is 8.00. The Morgan fingerprint density at radius 2 is 1.97 bits per heavy atom. The number of likely N-dealkylation sites (tertiary alicyclic amines) is 1. The number of nitrogens with one attached hydrogen (secondary N) is 1. The van der Waals surface area contributed by atoms with Crippen molar-refractivity contribution in [2.75, 3.05) is 51.4 Å². The third-order valence-corrected chi connectivity index (χ3v) is 6.90. The molecule has 160 valence electrons. The van der Waals surface area contributed by atoms with E-state index in [1.807, 2.05) is 12.3 Å². The van der Waals surface area contributed by atoms with Gasteiger partial charge in [0.1, 0.15) is 0 Å². The summed E-state index contributed by atoms with van der Waals surface area (Å²) in [6, 6.07) is 3.99. The van der Waals surface area contributed by atoms with Crippen molar-refractivity contribution >= 4 is 5.95 Å². The molecule has 0 radical (unpaired) electrons. The SMILES string of the molecule is COc1ccc(CN2CCC3(CCc4c3nc(N3CCOCC3)[nH]c4=O)CC2)cn1. The van der Waals surface area contributed by atoms with Crippen molar-refractivity contribution in [1.82, 2.24) is 19.9 Å². The van der Waals surface area contributed by atoms with E-state index < -0.39 is 0 Å². The normalized spacial score (nSPS) is 21.0. The number of hydrogen-bond acceptors (Lipinski definition) is 7. The predicted molar refractivity (Wildman–Crippen MR) is 113 cm³/mol. The second-order valence-corrected chi connectivity index (χ2v) is 8.58. The zero-order chi connectivity index (χ0) is 20.6. The summed E-state index contributed by atoms with van der Waals surface area (Å²) < 4.78 is 10.6. The second-order valence-electron chi connectivity index (χ2n) is 8.58. The summed E-state index contributed by atoms with van der Waals surface area (Å²) in [6.07, 6.45) is 5.85. The lowest BCUT2D eigenvalue weighted by molar-refractivity contribution is 0.122. The van der Waals surface area contributed by atoms with E-state index in [0.29, 0.717) is 19.1 Å². The molecule has 1 spiro atoms. The van der Waals surface area contributed by atoms with E-state index in [-0.39, 0.29) is 11.0 Å². The van der Waals surface area contributed by atoms with Gasteiger partial charge in [0, 0.05) is 42.9 Å². The number of rotatable bonds is 4. The Hall–Kier alpha value is -2.45. The number of fused-ring (bicyclic) bond motifs is 2. The average Bonchev–Trinajstić information content (AvgIpc) is 3.15. The molecule has 1 aliphatic carbocycles. The minimum Gasteiger partial charge on any atom is -0.481 e. The number of morpholine rings is 1. The summed E-state index contributed by atoms with van der Waals surface area (Å²) >= 11 is 0. The van der Waals surface area contributed by atoms with Crippen LogP contribution >= 0.6 is 0 Å². The smallest absolute Gasteiger partial charge is 0.255 e. The molecule has 3 aliphatic rings. The molecule has 8 heteroatoms. The van der Waals surface area contributed by atoms with E-state index >= 15 is 0 Å². The number of methoxy groups -OCH3 is 1. The van der Waals surface area contributed by atoms with E-state index in [1.54, 1.807) is 7.11 Å². The minimum absolute atomic E-state index is 0.0410. The molecular weight excluding hydrogens is 382 g/mol. The lowest BCUT2D eigenvalue weighted by Crippen LogP contribution is -2.43. The summed E-state index contributed by atoms with van der Waals surface area (Å²) in [7, 11) is 1.63. The van der Waals surface area contributed by atoms with Gasteiger partial charge in [-0.2, -0.15) is 0 Å². The number of H-pyrrole nitrogens is 1. The van der Waals surface area contributed by atoms with Gasteiger partial charge in [-0.3, -0.25) is 14.7 Å². The van der Waals surface area contributed by atoms with Crippen LogP contribution in [0.1, 0.15) is 36.1 Å². The molecule has 2 aromatic heterocycles. The number of piperidine rings is 1. The zero-order valence-electron chi connectivity index (χ0n) is 17.5. The third-order valence-electron chi connectivity index (χ3n) is 6.90. The van der Waals surface area contributed by atoms with E-state index in [9.17, 15) is 4.79 Å². The van der Waals surface area contributed by atoms with Crippen molar-refractivity contribution in [3.05, 3.63) is 45.5 Å². The lowest BCUT2D eigenvalue weighted by atomic mass is 9.76. The van der Waals surface area contributed by atoms with Crippen LogP contribution in [0.15, 0.2) is 23.1 Å². The molecule has 2 aromatic rings. The van der Waals surface area contributed by atoms with Crippen molar-refractivity contribution < 1.29 is 9.47 Å². The van der Waals surface area contributed by atoms with Crippen LogP contribution in [0.3, 0.4) is 0 Å². The molecule has 0 unspecified atom stereocenters. The highest BCUT2D eigenvalue weighted by Crippen LogP contribution is 2.44. The first-order valence-electron chi connectivity index (χ1n) is 10.8. The van der Waals surface area contributed by atoms with Crippen molar-refractivity contribution in [3.8, 4) is 5.88 Å². The average molecular weight is 412 g/mol. The summed E-state index contributed by atoms with van der Waals surface area (Å²) in [4.78, 5) is 29.8. The molecule has 8 nitrogen and oxygen atoms in total. The van der Waals surface area contributed by atoms with Gasteiger partial charge in [-0.1, -0.05) is 6.07 Å². The fourth-order valence-corrected chi connectivity index (χ4v) is 5.07. The number of anilines is 1. The Morgan fingerprint density at radius 3 is 2.67 bits per heavy atom. The number of ether oxygens (including phenoxy) is 2. The van der Waals surface area contributed by atoms with Gasteiger partial charge in [-0.25, -0.2) is 9.97 Å². The molecule has 0 saturated carbocycles. The van der Waals surface area contributed by atoms with Crippen LogP contribution < -0.4 is 15.2 Å². The molecule has 1 N–H and O–H groups in total. The molecule has 0 atom stereocenters. The zero-order valence-corrected chi connectivity index (χ0v) is 17.5. The van der Waals surface area contributed by atoms with Gasteiger partial charge < -0.3 is 14.4 Å². The highest BCUT2D eigenvalue weighted by Gasteiger charge is 2.44. The van der Waals surface area contributed by atoms with Gasteiger partial charge in [-0.15, -0.1) is 0 Å². The summed E-state index contributed by atoms with van der Waals surface area (Å²) in [5.74, 6) is 1.36. The largest absolute Gasteiger partial charge is 0.481 e. The van der Waals surface area contributed by atoms with Crippen molar-refractivity contribution in [3.63, 3.8) is 0 Å². The first-order chi connectivity index (χ1) is 14.7. The molecule has 0 amide bonds. The van der Waals surface area contributed by atoms with Crippen LogP contribution in [0.2, 0.25) is 0 Å². The molecule has 2 saturated heterocycles. The fourth-order valence-electron chi connectivity index (χ4n) is 5.07. The number of pyridine rings is 1. The summed E-state index contributed by atoms with van der Waals surface area (Å²) in [5, 5.41) is 0.